The Balaban J connectivity index is 2.38. The highest BCUT2D eigenvalue weighted by Crippen LogP contribution is 2.19. The smallest absolute Gasteiger partial charge is 0.153 e. The molecule has 0 spiro atoms. The zero-order valence-electron chi connectivity index (χ0n) is 9.82. The molecular formula is C11H21ClO3S. The van der Waals surface area contributed by atoms with Crippen LogP contribution in [0.1, 0.15) is 32.6 Å². The van der Waals surface area contributed by atoms with E-state index in [1.165, 1.54) is 0 Å². The van der Waals surface area contributed by atoms with Crippen molar-refractivity contribution in [3.63, 3.8) is 0 Å². The van der Waals surface area contributed by atoms with Crippen molar-refractivity contribution in [2.24, 2.45) is 5.92 Å². The Bertz CT molecular complexity index is 284. The summed E-state index contributed by atoms with van der Waals surface area (Å²) in [6.45, 7) is 3.23. The molecule has 16 heavy (non-hydrogen) atoms. The summed E-state index contributed by atoms with van der Waals surface area (Å²) >= 11 is 5.63. The predicted molar refractivity (Wildman–Crippen MR) is 66.7 cm³/mol. The molecule has 1 rings (SSSR count). The van der Waals surface area contributed by atoms with Crippen molar-refractivity contribution < 1.29 is 13.2 Å². The molecule has 0 aromatic heterocycles. The molecule has 3 nitrogen and oxygen atoms in total. The second kappa shape index (κ2) is 6.82. The summed E-state index contributed by atoms with van der Waals surface area (Å²) in [5.41, 5.74) is 0. The van der Waals surface area contributed by atoms with Crippen LogP contribution in [0, 0.1) is 5.92 Å². The average molecular weight is 269 g/mol. The van der Waals surface area contributed by atoms with Gasteiger partial charge >= 0.3 is 0 Å². The van der Waals surface area contributed by atoms with Gasteiger partial charge in [-0.3, -0.25) is 0 Å². The molecule has 1 saturated heterocycles. The molecule has 0 aliphatic carbocycles. The molecule has 5 heteroatoms. The first-order valence-corrected chi connectivity index (χ1v) is 8.16. The van der Waals surface area contributed by atoms with E-state index in [4.69, 9.17) is 16.3 Å². The first kappa shape index (κ1) is 14.3. The zero-order valence-corrected chi connectivity index (χ0v) is 11.4. The molecular weight excluding hydrogens is 248 g/mol. The van der Waals surface area contributed by atoms with Crippen molar-refractivity contribution in [2.45, 2.75) is 37.9 Å². The lowest BCUT2D eigenvalue weighted by Crippen LogP contribution is -2.31. The number of rotatable bonds is 6. The highest BCUT2D eigenvalue weighted by molar-refractivity contribution is 7.92. The highest BCUT2D eigenvalue weighted by atomic mass is 35.5. The second-order valence-corrected chi connectivity index (χ2v) is 7.33. The topological polar surface area (TPSA) is 43.4 Å². The number of hydrogen-bond donors (Lipinski definition) is 0. The lowest BCUT2D eigenvalue weighted by molar-refractivity contribution is 0.0983. The second-order valence-electron chi connectivity index (χ2n) is 4.55. The summed E-state index contributed by atoms with van der Waals surface area (Å²) in [6.07, 6.45) is 2.94. The third-order valence-corrected chi connectivity index (χ3v) is 5.68. The van der Waals surface area contributed by atoms with E-state index in [2.05, 4.69) is 6.92 Å². The Hall–Kier alpha value is 0.200. The molecule has 0 bridgehead atoms. The third-order valence-electron chi connectivity index (χ3n) is 3.17. The summed E-state index contributed by atoms with van der Waals surface area (Å²) in [5, 5.41) is -0.176. The van der Waals surface area contributed by atoms with Gasteiger partial charge in [0.15, 0.2) is 9.84 Å². The minimum absolute atomic E-state index is 0.176. The van der Waals surface area contributed by atoms with Gasteiger partial charge in [0.05, 0.1) is 11.0 Å². The lowest BCUT2D eigenvalue weighted by Gasteiger charge is -2.22. The monoisotopic (exact) mass is 268 g/mol. The van der Waals surface area contributed by atoms with Gasteiger partial charge in [0.25, 0.3) is 0 Å². The Morgan fingerprint density at radius 1 is 1.31 bits per heavy atom. The molecule has 1 unspecified atom stereocenters. The van der Waals surface area contributed by atoms with E-state index in [1.54, 1.807) is 0 Å². The van der Waals surface area contributed by atoms with Crippen LogP contribution >= 0.6 is 11.6 Å². The maximum Gasteiger partial charge on any atom is 0.153 e. The summed E-state index contributed by atoms with van der Waals surface area (Å²) in [5.74, 6) is 1.31. The van der Waals surface area contributed by atoms with Gasteiger partial charge in [-0.2, -0.15) is 0 Å². The Morgan fingerprint density at radius 2 is 1.94 bits per heavy atom. The third kappa shape index (κ3) is 4.60. The average Bonchev–Trinajstić information content (AvgIpc) is 2.28. The van der Waals surface area contributed by atoms with E-state index in [0.29, 0.717) is 43.6 Å². The molecule has 0 N–H and O–H groups in total. The van der Waals surface area contributed by atoms with Crippen molar-refractivity contribution in [2.75, 3.05) is 24.8 Å². The SMILES string of the molecule is CC(CCCl)CCS(=O)(=O)C1CCOCC1. The quantitative estimate of drug-likeness (QED) is 0.694. The molecule has 0 saturated carbocycles. The Morgan fingerprint density at radius 3 is 2.50 bits per heavy atom. The van der Waals surface area contributed by atoms with Crippen LogP contribution in [-0.2, 0) is 14.6 Å². The summed E-state index contributed by atoms with van der Waals surface area (Å²) in [4.78, 5) is 0. The number of ether oxygens (including phenoxy) is 1. The maximum atomic E-state index is 12.0. The van der Waals surface area contributed by atoms with Crippen molar-refractivity contribution in [3.8, 4) is 0 Å². The van der Waals surface area contributed by atoms with Gasteiger partial charge in [0.2, 0.25) is 0 Å². The predicted octanol–water partition coefficient (Wildman–Crippen LogP) is 2.24. The molecule has 1 atom stereocenters. The van der Waals surface area contributed by atoms with Crippen LogP contribution in [-0.4, -0.2) is 38.5 Å². The number of halogens is 1. The van der Waals surface area contributed by atoms with Gasteiger partial charge in [-0.05, 0) is 31.6 Å². The fourth-order valence-electron chi connectivity index (χ4n) is 1.90. The fraction of sp³-hybridized carbons (Fsp3) is 1.00. The van der Waals surface area contributed by atoms with E-state index in [1.807, 2.05) is 0 Å². The van der Waals surface area contributed by atoms with Crippen LogP contribution < -0.4 is 0 Å². The lowest BCUT2D eigenvalue weighted by atomic mass is 10.1. The van der Waals surface area contributed by atoms with Crippen LogP contribution in [0.5, 0.6) is 0 Å². The largest absolute Gasteiger partial charge is 0.381 e. The van der Waals surface area contributed by atoms with E-state index >= 15 is 0 Å². The molecule has 1 fully saturated rings. The summed E-state index contributed by atoms with van der Waals surface area (Å²) in [6, 6.07) is 0. The Kier molecular flexibility index (Phi) is 6.08. The molecule has 1 aliphatic heterocycles. The molecule has 0 aromatic rings. The minimum Gasteiger partial charge on any atom is -0.381 e. The fourth-order valence-corrected chi connectivity index (χ4v) is 4.25. The first-order valence-electron chi connectivity index (χ1n) is 5.91. The molecule has 0 aromatic carbocycles. The van der Waals surface area contributed by atoms with Crippen LogP contribution in [0.4, 0.5) is 0 Å². The van der Waals surface area contributed by atoms with E-state index in [-0.39, 0.29) is 5.25 Å². The summed E-state index contributed by atoms with van der Waals surface area (Å²) < 4.78 is 29.2. The van der Waals surface area contributed by atoms with Gasteiger partial charge in [-0.25, -0.2) is 8.42 Å². The standard InChI is InChI=1S/C11H21ClO3S/c1-10(2-6-12)5-9-16(13,14)11-3-7-15-8-4-11/h10-11H,2-9H2,1H3. The molecule has 0 amide bonds. The Labute approximate surface area is 103 Å². The molecule has 0 radical (unpaired) electrons. The van der Waals surface area contributed by atoms with Gasteiger partial charge < -0.3 is 4.74 Å². The highest BCUT2D eigenvalue weighted by Gasteiger charge is 2.27. The minimum atomic E-state index is -2.92. The molecule has 96 valence electrons. The van der Waals surface area contributed by atoms with Crippen LogP contribution in [0.2, 0.25) is 0 Å². The van der Waals surface area contributed by atoms with Crippen LogP contribution in [0.25, 0.3) is 0 Å². The normalized spacial score (nSPS) is 20.9. The molecule has 1 heterocycles. The first-order chi connectivity index (χ1) is 7.56. The van der Waals surface area contributed by atoms with E-state index in [0.717, 1.165) is 12.8 Å². The van der Waals surface area contributed by atoms with Crippen molar-refractivity contribution in [1.82, 2.24) is 0 Å². The van der Waals surface area contributed by atoms with E-state index in [9.17, 15) is 8.42 Å². The summed E-state index contributed by atoms with van der Waals surface area (Å²) in [7, 11) is -2.92. The van der Waals surface area contributed by atoms with Gasteiger partial charge in [0, 0.05) is 19.1 Å². The number of alkyl halides is 1. The van der Waals surface area contributed by atoms with Crippen LogP contribution in [0.15, 0.2) is 0 Å². The zero-order chi connectivity index (χ0) is 12.0. The number of sulfone groups is 1. The number of hydrogen-bond acceptors (Lipinski definition) is 3. The van der Waals surface area contributed by atoms with Gasteiger partial charge in [0.1, 0.15) is 0 Å². The molecule has 1 aliphatic rings. The maximum absolute atomic E-state index is 12.0. The van der Waals surface area contributed by atoms with Gasteiger partial charge in [-0.15, -0.1) is 11.6 Å². The van der Waals surface area contributed by atoms with Gasteiger partial charge in [-0.1, -0.05) is 6.92 Å². The van der Waals surface area contributed by atoms with Crippen LogP contribution in [0.3, 0.4) is 0 Å². The van der Waals surface area contributed by atoms with Crippen molar-refractivity contribution in [1.29, 1.82) is 0 Å². The van der Waals surface area contributed by atoms with E-state index < -0.39 is 9.84 Å². The van der Waals surface area contributed by atoms with Crippen molar-refractivity contribution in [3.05, 3.63) is 0 Å². The van der Waals surface area contributed by atoms with Crippen molar-refractivity contribution >= 4 is 21.4 Å².